The Morgan fingerprint density at radius 1 is 1.39 bits per heavy atom. The van der Waals surface area contributed by atoms with Gasteiger partial charge >= 0.3 is 5.97 Å². The van der Waals surface area contributed by atoms with Crippen LogP contribution in [0.3, 0.4) is 0 Å². The second-order valence-corrected chi connectivity index (χ2v) is 9.99. The highest BCUT2D eigenvalue weighted by atomic mass is 32.2. The molecule has 12 nitrogen and oxygen atoms in total. The van der Waals surface area contributed by atoms with Gasteiger partial charge in [-0.3, -0.25) is 4.79 Å². The molecule has 1 fully saturated rings. The van der Waals surface area contributed by atoms with Crippen LogP contribution in [0, 0.1) is 11.3 Å². The molecular formula is C20H27N5O7S. The summed E-state index contributed by atoms with van der Waals surface area (Å²) in [6.45, 7) is 1.66. The summed E-state index contributed by atoms with van der Waals surface area (Å²) in [5.41, 5.74) is 3.40. The number of nitrogens with two attached hydrogens (primary N) is 1. The number of aromatic nitrogens is 3. The van der Waals surface area contributed by atoms with Crippen molar-refractivity contribution in [3.8, 4) is 6.07 Å². The molecule has 0 spiro atoms. The van der Waals surface area contributed by atoms with Crippen LogP contribution >= 0.6 is 0 Å². The second kappa shape index (κ2) is 9.60. The van der Waals surface area contributed by atoms with Gasteiger partial charge in [0.25, 0.3) is 0 Å². The molecule has 0 aromatic carbocycles. The lowest BCUT2D eigenvalue weighted by atomic mass is 9.92. The van der Waals surface area contributed by atoms with Crippen LogP contribution in [-0.4, -0.2) is 70.4 Å². The first kappa shape index (κ1) is 24.8. The van der Waals surface area contributed by atoms with Crippen molar-refractivity contribution in [2.24, 2.45) is 0 Å². The zero-order chi connectivity index (χ0) is 24.4. The predicted octanol–water partition coefficient (Wildman–Crippen LogP) is 0.0681. The van der Waals surface area contributed by atoms with Crippen LogP contribution in [0.4, 0.5) is 5.82 Å². The molecule has 0 aliphatic carbocycles. The molecule has 0 unspecified atom stereocenters. The topological polar surface area (TPSA) is 190 Å². The van der Waals surface area contributed by atoms with Crippen molar-refractivity contribution in [1.82, 2.24) is 14.6 Å². The average Bonchev–Trinajstić information content (AvgIpc) is 3.28. The van der Waals surface area contributed by atoms with E-state index in [0.29, 0.717) is 6.42 Å². The van der Waals surface area contributed by atoms with E-state index in [1.165, 1.54) is 0 Å². The number of ether oxygens (including phenoxy) is 2. The molecule has 4 N–H and O–H groups in total. The molecule has 33 heavy (non-hydrogen) atoms. The molecule has 13 heteroatoms. The van der Waals surface area contributed by atoms with Crippen LogP contribution in [0.5, 0.6) is 0 Å². The quantitative estimate of drug-likeness (QED) is 0.324. The summed E-state index contributed by atoms with van der Waals surface area (Å²) in [4.78, 5) is 15.5. The lowest BCUT2D eigenvalue weighted by Crippen LogP contribution is -2.41. The number of sulfone groups is 1. The monoisotopic (exact) mass is 481 g/mol. The number of esters is 1. The van der Waals surface area contributed by atoms with Crippen LogP contribution in [0.1, 0.15) is 44.7 Å². The van der Waals surface area contributed by atoms with E-state index in [-0.39, 0.29) is 28.3 Å². The van der Waals surface area contributed by atoms with E-state index < -0.39 is 46.3 Å². The summed E-state index contributed by atoms with van der Waals surface area (Å²) in [6, 6.07) is 2.93. The number of aliphatic hydroxyl groups excluding tert-OH is 2. The van der Waals surface area contributed by atoms with Gasteiger partial charge in [0.1, 0.15) is 42.8 Å². The Kier molecular flexibility index (Phi) is 7.23. The Balaban J connectivity index is 1.90. The Morgan fingerprint density at radius 3 is 2.76 bits per heavy atom. The third-order valence-corrected chi connectivity index (χ3v) is 6.71. The molecule has 180 valence electrons. The Labute approximate surface area is 190 Å². The van der Waals surface area contributed by atoms with Gasteiger partial charge < -0.3 is 25.4 Å². The number of hydrogen-bond donors (Lipinski definition) is 3. The normalized spacial score (nSPS) is 25.2. The van der Waals surface area contributed by atoms with Gasteiger partial charge in [-0.05, 0) is 12.5 Å². The van der Waals surface area contributed by atoms with Gasteiger partial charge in [0.05, 0.1) is 10.6 Å². The molecule has 0 radical (unpaired) electrons. The minimum Gasteiger partial charge on any atom is -0.463 e. The zero-order valence-electron chi connectivity index (χ0n) is 18.3. The molecule has 0 saturated carbocycles. The second-order valence-electron chi connectivity index (χ2n) is 8.00. The van der Waals surface area contributed by atoms with Crippen LogP contribution < -0.4 is 5.73 Å². The highest BCUT2D eigenvalue weighted by Crippen LogP contribution is 2.42. The largest absolute Gasteiger partial charge is 0.463 e. The van der Waals surface area contributed by atoms with Crippen LogP contribution in [-0.2, 0) is 29.7 Å². The number of hydrogen-bond acceptors (Lipinski definition) is 11. The molecule has 0 bridgehead atoms. The van der Waals surface area contributed by atoms with Crippen molar-refractivity contribution < 1.29 is 32.9 Å². The SMILES string of the molecule is CCCCCCC(=O)OC[C@H]1O[C@@](C#N)(c2cc(S(C)(=O)=O)c3c(N)ncnn23)[C@H](O)[C@@H]1O. The van der Waals surface area contributed by atoms with Gasteiger partial charge in [0.2, 0.25) is 5.60 Å². The van der Waals surface area contributed by atoms with Crippen molar-refractivity contribution in [1.29, 1.82) is 5.26 Å². The van der Waals surface area contributed by atoms with Gasteiger partial charge in [-0.1, -0.05) is 26.2 Å². The Bertz CT molecular complexity index is 1180. The van der Waals surface area contributed by atoms with Gasteiger partial charge in [-0.25, -0.2) is 17.9 Å². The highest BCUT2D eigenvalue weighted by Gasteiger charge is 2.58. The van der Waals surface area contributed by atoms with Crippen LogP contribution in [0.2, 0.25) is 0 Å². The van der Waals surface area contributed by atoms with Gasteiger partial charge in [0.15, 0.2) is 15.7 Å². The Hall–Kier alpha value is -2.79. The number of aliphatic hydroxyl groups is 2. The molecule has 4 atom stereocenters. The fourth-order valence-corrected chi connectivity index (χ4v) is 4.71. The predicted molar refractivity (Wildman–Crippen MR) is 114 cm³/mol. The summed E-state index contributed by atoms with van der Waals surface area (Å²) < 4.78 is 36.6. The van der Waals surface area contributed by atoms with E-state index >= 15 is 0 Å². The first-order chi connectivity index (χ1) is 15.6. The lowest BCUT2D eigenvalue weighted by molar-refractivity contribution is -0.150. The summed E-state index contributed by atoms with van der Waals surface area (Å²) in [5.74, 6) is -0.648. The van der Waals surface area contributed by atoms with E-state index in [1.807, 2.05) is 6.07 Å². The number of rotatable bonds is 9. The maximum Gasteiger partial charge on any atom is 0.305 e. The molecule has 3 rings (SSSR count). The molecule has 1 aliphatic heterocycles. The molecule has 1 saturated heterocycles. The summed E-state index contributed by atoms with van der Waals surface area (Å²) in [7, 11) is -3.83. The summed E-state index contributed by atoms with van der Waals surface area (Å²) in [6.07, 6.45) is 1.16. The van der Waals surface area contributed by atoms with E-state index in [4.69, 9.17) is 15.2 Å². The first-order valence-corrected chi connectivity index (χ1v) is 12.4. The van der Waals surface area contributed by atoms with Gasteiger partial charge in [-0.2, -0.15) is 10.4 Å². The number of nitrogen functional groups attached to an aromatic ring is 1. The molecule has 1 aliphatic rings. The number of carbonyl (C=O) groups excluding carboxylic acids is 1. The van der Waals surface area contributed by atoms with Gasteiger partial charge in [-0.15, -0.1) is 0 Å². The van der Waals surface area contributed by atoms with Crippen LogP contribution in [0.25, 0.3) is 5.52 Å². The molecule has 3 heterocycles. The number of anilines is 1. The minimum atomic E-state index is -3.83. The third kappa shape index (κ3) is 4.65. The van der Waals surface area contributed by atoms with Gasteiger partial charge in [0, 0.05) is 12.7 Å². The molecular weight excluding hydrogens is 454 g/mol. The van der Waals surface area contributed by atoms with E-state index in [2.05, 4.69) is 17.0 Å². The molecule has 2 aromatic rings. The maximum atomic E-state index is 12.3. The van der Waals surface area contributed by atoms with Crippen LogP contribution in [0.15, 0.2) is 17.3 Å². The summed E-state index contributed by atoms with van der Waals surface area (Å²) in [5, 5.41) is 35.2. The fraction of sp³-hybridized carbons (Fsp3) is 0.600. The smallest absolute Gasteiger partial charge is 0.305 e. The summed E-state index contributed by atoms with van der Waals surface area (Å²) >= 11 is 0. The number of nitriles is 1. The van der Waals surface area contributed by atoms with E-state index in [0.717, 1.165) is 42.4 Å². The van der Waals surface area contributed by atoms with Crippen molar-refractivity contribution in [3.05, 3.63) is 18.1 Å². The van der Waals surface area contributed by atoms with Crippen molar-refractivity contribution in [2.45, 2.75) is 67.8 Å². The standard InChI is InChI=1S/C20H27N5O7S/c1-3-4-5-6-7-15(26)31-9-12-17(27)18(28)20(10-21,32-12)14-8-13(33(2,29)30)16-19(22)23-11-24-25(14)16/h8,11-12,17-18,27-28H,3-7,9H2,1-2H3,(H2,22,23,24)/t12-,17-,18-,20+/m1/s1. The lowest BCUT2D eigenvalue weighted by Gasteiger charge is -2.24. The van der Waals surface area contributed by atoms with Crippen molar-refractivity contribution in [2.75, 3.05) is 18.6 Å². The number of fused-ring (bicyclic) bond motifs is 1. The average molecular weight is 482 g/mol. The van der Waals surface area contributed by atoms with E-state index in [1.54, 1.807) is 0 Å². The number of unbranched alkanes of at least 4 members (excludes halogenated alkanes) is 3. The van der Waals surface area contributed by atoms with E-state index in [9.17, 15) is 28.7 Å². The van der Waals surface area contributed by atoms with Crippen molar-refractivity contribution in [3.63, 3.8) is 0 Å². The third-order valence-electron chi connectivity index (χ3n) is 5.60. The molecule has 2 aromatic heterocycles. The Morgan fingerprint density at radius 2 is 2.12 bits per heavy atom. The molecule has 0 amide bonds. The maximum absolute atomic E-state index is 12.3. The first-order valence-electron chi connectivity index (χ1n) is 10.5. The number of carbonyl (C=O) groups is 1. The zero-order valence-corrected chi connectivity index (χ0v) is 19.2. The fourth-order valence-electron chi connectivity index (χ4n) is 3.84. The number of nitrogens with zero attached hydrogens (tertiary/aromatic N) is 4. The highest BCUT2D eigenvalue weighted by molar-refractivity contribution is 7.91. The van der Waals surface area contributed by atoms with Crippen molar-refractivity contribution >= 4 is 27.1 Å². The minimum absolute atomic E-state index is 0.0862.